The molecular formula is C13H22N2O3. The molecule has 18 heavy (non-hydrogen) atoms. The number of methoxy groups -OCH3 is 1. The monoisotopic (exact) mass is 254 g/mol. The summed E-state index contributed by atoms with van der Waals surface area (Å²) < 4.78 is 6.46. The number of aromatic nitrogens is 2. The summed E-state index contributed by atoms with van der Waals surface area (Å²) in [4.78, 5) is 11.7. The lowest BCUT2D eigenvalue weighted by molar-refractivity contribution is -0.150. The van der Waals surface area contributed by atoms with Crippen LogP contribution >= 0.6 is 0 Å². The summed E-state index contributed by atoms with van der Waals surface area (Å²) in [5.74, 6) is -0.878. The zero-order valence-electron chi connectivity index (χ0n) is 11.5. The van der Waals surface area contributed by atoms with E-state index < -0.39 is 12.0 Å². The second-order valence-corrected chi connectivity index (χ2v) is 4.53. The van der Waals surface area contributed by atoms with E-state index >= 15 is 0 Å². The summed E-state index contributed by atoms with van der Waals surface area (Å²) in [6.45, 7) is 3.93. The van der Waals surface area contributed by atoms with E-state index in [2.05, 4.69) is 12.0 Å². The number of rotatable bonds is 6. The highest BCUT2D eigenvalue weighted by Crippen LogP contribution is 2.29. The molecule has 0 spiro atoms. The summed E-state index contributed by atoms with van der Waals surface area (Å²) >= 11 is 0. The maximum Gasteiger partial charge on any atom is 0.311 e. The van der Waals surface area contributed by atoms with Crippen molar-refractivity contribution in [3.8, 4) is 0 Å². The molecule has 1 N–H and O–H groups in total. The maximum absolute atomic E-state index is 11.7. The highest BCUT2D eigenvalue weighted by Gasteiger charge is 2.30. The van der Waals surface area contributed by atoms with Gasteiger partial charge in [0.2, 0.25) is 0 Å². The van der Waals surface area contributed by atoms with Crippen molar-refractivity contribution in [1.29, 1.82) is 0 Å². The normalized spacial score (nSPS) is 14.3. The molecule has 5 heteroatoms. The molecule has 0 bridgehead atoms. The average Bonchev–Trinajstić information content (AvgIpc) is 2.69. The van der Waals surface area contributed by atoms with Crippen LogP contribution in [0.3, 0.4) is 0 Å². The lowest BCUT2D eigenvalue weighted by atomic mass is 9.91. The number of nitrogens with zero attached hydrogens (tertiary/aromatic N) is 2. The Morgan fingerprint density at radius 3 is 2.72 bits per heavy atom. The van der Waals surface area contributed by atoms with Crippen LogP contribution < -0.4 is 0 Å². The van der Waals surface area contributed by atoms with E-state index in [1.165, 1.54) is 7.11 Å². The van der Waals surface area contributed by atoms with Crippen LogP contribution in [0.15, 0.2) is 6.20 Å². The fourth-order valence-corrected chi connectivity index (χ4v) is 2.00. The number of carbonyl (C=O) groups is 1. The molecule has 1 aromatic rings. The van der Waals surface area contributed by atoms with Crippen molar-refractivity contribution >= 4 is 5.97 Å². The van der Waals surface area contributed by atoms with E-state index in [1.54, 1.807) is 10.9 Å². The van der Waals surface area contributed by atoms with Gasteiger partial charge in [0, 0.05) is 18.3 Å². The number of aliphatic hydroxyl groups is 1. The molecule has 0 aliphatic carbocycles. The van der Waals surface area contributed by atoms with Gasteiger partial charge >= 0.3 is 5.97 Å². The van der Waals surface area contributed by atoms with E-state index in [1.807, 2.05) is 14.0 Å². The molecule has 1 rings (SSSR count). The van der Waals surface area contributed by atoms with Crippen LogP contribution in [-0.4, -0.2) is 28.0 Å². The first-order chi connectivity index (χ1) is 8.52. The number of unbranched alkanes of at least 4 members (excludes halogenated alkanes) is 1. The molecule has 0 aliphatic rings. The second-order valence-electron chi connectivity index (χ2n) is 4.53. The lowest BCUT2D eigenvalue weighted by Gasteiger charge is -2.20. The summed E-state index contributed by atoms with van der Waals surface area (Å²) in [6.07, 6.45) is 3.25. The van der Waals surface area contributed by atoms with Gasteiger partial charge in [-0.1, -0.05) is 19.8 Å². The molecule has 0 amide bonds. The zero-order valence-corrected chi connectivity index (χ0v) is 11.5. The third-order valence-corrected chi connectivity index (χ3v) is 3.35. The first-order valence-electron chi connectivity index (χ1n) is 6.27. The summed E-state index contributed by atoms with van der Waals surface area (Å²) in [5, 5.41) is 14.4. The standard InChI is InChI=1S/C13H22N2O3/c1-5-6-7-10(13(17)18-4)12(16)11-8-14-15(3)9(11)2/h8,10,12,16H,5-7H2,1-4H3. The fourth-order valence-electron chi connectivity index (χ4n) is 2.00. The SMILES string of the molecule is CCCCC(C(=O)OC)C(O)c1cnn(C)c1C. The predicted octanol–water partition coefficient (Wildman–Crippen LogP) is 1.74. The quantitative estimate of drug-likeness (QED) is 0.785. The molecule has 0 aromatic carbocycles. The number of ether oxygens (including phenoxy) is 1. The summed E-state index contributed by atoms with van der Waals surface area (Å²) in [6, 6.07) is 0. The van der Waals surface area contributed by atoms with Gasteiger partial charge in [0.15, 0.2) is 0 Å². The van der Waals surface area contributed by atoms with Crippen molar-refractivity contribution < 1.29 is 14.6 Å². The Bertz CT molecular complexity index is 401. The molecular weight excluding hydrogens is 232 g/mol. The first kappa shape index (κ1) is 14.7. The molecule has 0 saturated heterocycles. The number of esters is 1. The van der Waals surface area contributed by atoms with E-state index in [0.717, 1.165) is 18.5 Å². The first-order valence-corrected chi connectivity index (χ1v) is 6.27. The van der Waals surface area contributed by atoms with Crippen LogP contribution in [0.25, 0.3) is 0 Å². The Morgan fingerprint density at radius 2 is 2.28 bits per heavy atom. The van der Waals surface area contributed by atoms with Gasteiger partial charge in [-0.25, -0.2) is 0 Å². The summed E-state index contributed by atoms with van der Waals surface area (Å²) in [5.41, 5.74) is 1.57. The van der Waals surface area contributed by atoms with E-state index in [4.69, 9.17) is 4.74 Å². The van der Waals surface area contributed by atoms with Gasteiger partial charge in [0.25, 0.3) is 0 Å². The van der Waals surface area contributed by atoms with Crippen molar-refractivity contribution in [1.82, 2.24) is 9.78 Å². The second kappa shape index (κ2) is 6.54. The minimum Gasteiger partial charge on any atom is -0.469 e. The summed E-state index contributed by atoms with van der Waals surface area (Å²) in [7, 11) is 3.16. The molecule has 0 saturated carbocycles. The smallest absolute Gasteiger partial charge is 0.311 e. The van der Waals surface area contributed by atoms with Gasteiger partial charge in [-0.05, 0) is 13.3 Å². The van der Waals surface area contributed by atoms with Crippen molar-refractivity contribution in [2.75, 3.05) is 7.11 Å². The highest BCUT2D eigenvalue weighted by molar-refractivity contribution is 5.73. The van der Waals surface area contributed by atoms with Crippen LogP contribution in [0.5, 0.6) is 0 Å². The Kier molecular flexibility index (Phi) is 5.34. The predicted molar refractivity (Wildman–Crippen MR) is 67.9 cm³/mol. The maximum atomic E-state index is 11.7. The van der Waals surface area contributed by atoms with Gasteiger partial charge in [-0.15, -0.1) is 0 Å². The van der Waals surface area contributed by atoms with Crippen molar-refractivity contribution in [3.63, 3.8) is 0 Å². The molecule has 1 heterocycles. The van der Waals surface area contributed by atoms with Crippen molar-refractivity contribution in [3.05, 3.63) is 17.5 Å². The molecule has 0 radical (unpaired) electrons. The molecule has 1 aromatic heterocycles. The molecule has 5 nitrogen and oxygen atoms in total. The molecule has 2 atom stereocenters. The van der Waals surface area contributed by atoms with Crippen LogP contribution in [0.1, 0.15) is 43.5 Å². The Labute approximate surface area is 108 Å². The van der Waals surface area contributed by atoms with Crippen LogP contribution in [0.2, 0.25) is 0 Å². The minimum absolute atomic E-state index is 0.362. The van der Waals surface area contributed by atoms with E-state index in [9.17, 15) is 9.90 Å². The third-order valence-electron chi connectivity index (χ3n) is 3.35. The van der Waals surface area contributed by atoms with Crippen LogP contribution in [0, 0.1) is 12.8 Å². The number of hydrogen-bond donors (Lipinski definition) is 1. The molecule has 2 unspecified atom stereocenters. The zero-order chi connectivity index (χ0) is 13.7. The van der Waals surface area contributed by atoms with E-state index in [0.29, 0.717) is 12.0 Å². The topological polar surface area (TPSA) is 64.3 Å². The van der Waals surface area contributed by atoms with Gasteiger partial charge in [-0.3, -0.25) is 9.48 Å². The fraction of sp³-hybridized carbons (Fsp3) is 0.692. The Hall–Kier alpha value is -1.36. The van der Waals surface area contributed by atoms with E-state index in [-0.39, 0.29) is 5.97 Å². The van der Waals surface area contributed by atoms with Crippen LogP contribution in [0.4, 0.5) is 0 Å². The number of aliphatic hydroxyl groups excluding tert-OH is 1. The van der Waals surface area contributed by atoms with Gasteiger partial charge in [-0.2, -0.15) is 5.10 Å². The van der Waals surface area contributed by atoms with Crippen molar-refractivity contribution in [2.45, 2.75) is 39.2 Å². The molecule has 0 aliphatic heterocycles. The Morgan fingerprint density at radius 1 is 1.61 bits per heavy atom. The highest BCUT2D eigenvalue weighted by atomic mass is 16.5. The average molecular weight is 254 g/mol. The number of aryl methyl sites for hydroxylation is 1. The largest absolute Gasteiger partial charge is 0.469 e. The van der Waals surface area contributed by atoms with Crippen LogP contribution in [-0.2, 0) is 16.6 Å². The third kappa shape index (κ3) is 3.10. The van der Waals surface area contributed by atoms with Gasteiger partial charge in [0.05, 0.1) is 25.3 Å². The number of carbonyl (C=O) groups excluding carboxylic acids is 1. The Balaban J connectivity index is 2.90. The van der Waals surface area contributed by atoms with Gasteiger partial charge < -0.3 is 9.84 Å². The number of hydrogen-bond acceptors (Lipinski definition) is 4. The van der Waals surface area contributed by atoms with Crippen molar-refractivity contribution in [2.24, 2.45) is 13.0 Å². The minimum atomic E-state index is -0.849. The lowest BCUT2D eigenvalue weighted by Crippen LogP contribution is -2.24. The molecule has 0 fully saturated rings. The molecule has 102 valence electrons. The van der Waals surface area contributed by atoms with Gasteiger partial charge in [0.1, 0.15) is 0 Å².